The van der Waals surface area contributed by atoms with E-state index < -0.39 is 40.9 Å². The molecule has 0 radical (unpaired) electrons. The summed E-state index contributed by atoms with van der Waals surface area (Å²) in [6.45, 7) is 6.71. The molecule has 0 bridgehead atoms. The minimum atomic E-state index is -1.28. The molecule has 1 aliphatic heterocycles. The summed E-state index contributed by atoms with van der Waals surface area (Å²) in [7, 11) is 0. The van der Waals surface area contributed by atoms with Gasteiger partial charge < -0.3 is 5.32 Å². The van der Waals surface area contributed by atoms with Crippen LogP contribution in [0.15, 0.2) is 42.5 Å². The van der Waals surface area contributed by atoms with Gasteiger partial charge in [-0.1, -0.05) is 38.5 Å². The van der Waals surface area contributed by atoms with Crippen LogP contribution in [-0.2, 0) is 14.4 Å². The summed E-state index contributed by atoms with van der Waals surface area (Å²) in [5.74, 6) is -3.71. The second-order valence-corrected chi connectivity index (χ2v) is 8.17. The van der Waals surface area contributed by atoms with Gasteiger partial charge in [-0.3, -0.25) is 19.7 Å². The maximum atomic E-state index is 13.1. The second kappa shape index (κ2) is 7.70. The van der Waals surface area contributed by atoms with Crippen molar-refractivity contribution in [2.75, 3.05) is 10.2 Å². The molecule has 7 nitrogen and oxygen atoms in total. The van der Waals surface area contributed by atoms with E-state index in [0.717, 1.165) is 10.5 Å². The molecule has 2 aromatic carbocycles. The van der Waals surface area contributed by atoms with Crippen molar-refractivity contribution in [1.29, 1.82) is 0 Å². The number of imide groups is 2. The van der Waals surface area contributed by atoms with Crippen molar-refractivity contribution in [3.63, 3.8) is 0 Å². The molecule has 30 heavy (non-hydrogen) atoms. The van der Waals surface area contributed by atoms with Gasteiger partial charge in [0, 0.05) is 11.1 Å². The molecule has 0 spiro atoms. The highest BCUT2D eigenvalue weighted by Gasteiger charge is 2.45. The van der Waals surface area contributed by atoms with Crippen LogP contribution in [0.1, 0.15) is 37.8 Å². The number of rotatable bonds is 2. The highest BCUT2D eigenvalue weighted by molar-refractivity contribution is 6.29. The van der Waals surface area contributed by atoms with E-state index >= 15 is 0 Å². The van der Waals surface area contributed by atoms with Gasteiger partial charge in [-0.25, -0.2) is 14.1 Å². The molecule has 0 saturated heterocycles. The average molecular weight is 411 g/mol. The van der Waals surface area contributed by atoms with Gasteiger partial charge in [0.1, 0.15) is 11.7 Å². The van der Waals surface area contributed by atoms with Crippen LogP contribution in [0.2, 0.25) is 0 Å². The Bertz CT molecular complexity index is 1040. The normalized spacial score (nSPS) is 15.6. The van der Waals surface area contributed by atoms with Crippen LogP contribution in [0.4, 0.5) is 20.6 Å². The smallest absolute Gasteiger partial charge is 0.325 e. The first-order valence-electron chi connectivity index (χ1n) is 9.35. The molecule has 2 N–H and O–H groups in total. The Hall–Kier alpha value is -3.55. The zero-order chi connectivity index (χ0) is 22.2. The van der Waals surface area contributed by atoms with Gasteiger partial charge in [0.15, 0.2) is 0 Å². The Morgan fingerprint density at radius 2 is 1.67 bits per heavy atom. The van der Waals surface area contributed by atoms with Crippen LogP contribution in [-0.4, -0.2) is 23.8 Å². The van der Waals surface area contributed by atoms with Crippen LogP contribution in [0.3, 0.4) is 0 Å². The first-order valence-corrected chi connectivity index (χ1v) is 9.35. The summed E-state index contributed by atoms with van der Waals surface area (Å²) in [5, 5.41) is 4.79. The Morgan fingerprint density at radius 3 is 2.27 bits per heavy atom. The number of benzene rings is 2. The van der Waals surface area contributed by atoms with Crippen molar-refractivity contribution in [2.45, 2.75) is 33.6 Å². The Labute approximate surface area is 173 Å². The monoisotopic (exact) mass is 411 g/mol. The SMILES string of the molecule is Cc1ccc2c(c1)C(C(=O)Nc1ccc(F)cc1)C(=O)N2C(=O)NC(=O)C(C)(C)C. The maximum Gasteiger partial charge on any atom is 0.335 e. The number of nitrogens with zero attached hydrogens (tertiary/aromatic N) is 1. The highest BCUT2D eigenvalue weighted by Crippen LogP contribution is 2.39. The van der Waals surface area contributed by atoms with E-state index in [1.165, 1.54) is 24.3 Å². The molecule has 0 fully saturated rings. The Balaban J connectivity index is 1.92. The molecule has 0 aliphatic carbocycles. The van der Waals surface area contributed by atoms with Crippen LogP contribution >= 0.6 is 0 Å². The number of amides is 5. The number of urea groups is 1. The molecule has 3 rings (SSSR count). The molecular weight excluding hydrogens is 389 g/mol. The molecule has 1 atom stereocenters. The maximum absolute atomic E-state index is 13.1. The van der Waals surface area contributed by atoms with Gasteiger partial charge in [0.2, 0.25) is 11.8 Å². The number of carbonyl (C=O) groups excluding carboxylic acids is 4. The van der Waals surface area contributed by atoms with Gasteiger partial charge >= 0.3 is 6.03 Å². The first kappa shape index (κ1) is 21.2. The molecular formula is C22H22FN3O4. The number of nitrogens with one attached hydrogen (secondary N) is 2. The van der Waals surface area contributed by atoms with E-state index in [-0.39, 0.29) is 5.69 Å². The van der Waals surface area contributed by atoms with E-state index in [2.05, 4.69) is 10.6 Å². The minimum Gasteiger partial charge on any atom is -0.325 e. The van der Waals surface area contributed by atoms with Crippen LogP contribution in [0.5, 0.6) is 0 Å². The standard InChI is InChI=1S/C22H22FN3O4/c1-12-5-10-16-15(11-12)17(18(27)24-14-8-6-13(23)7-9-14)19(28)26(16)21(30)25-20(29)22(2,3)4/h5-11,17H,1-4H3,(H,24,27)(H,25,29,30). The quantitative estimate of drug-likeness (QED) is 0.740. The third-order valence-corrected chi connectivity index (χ3v) is 4.68. The first-order chi connectivity index (χ1) is 14.0. The third-order valence-electron chi connectivity index (χ3n) is 4.68. The fraction of sp³-hybridized carbons (Fsp3) is 0.273. The van der Waals surface area contributed by atoms with Gasteiger partial charge in [0.25, 0.3) is 5.91 Å². The lowest BCUT2D eigenvalue weighted by Crippen LogP contribution is -2.49. The second-order valence-electron chi connectivity index (χ2n) is 8.17. The van der Waals surface area contributed by atoms with E-state index in [1.807, 2.05) is 0 Å². The molecule has 1 unspecified atom stereocenters. The number of fused-ring (bicyclic) bond motifs is 1. The lowest BCUT2D eigenvalue weighted by molar-refractivity contribution is -0.127. The molecule has 0 aromatic heterocycles. The predicted octanol–water partition coefficient (Wildman–Crippen LogP) is 3.49. The highest BCUT2D eigenvalue weighted by atomic mass is 19.1. The van der Waals surface area contributed by atoms with Crippen molar-refractivity contribution in [3.8, 4) is 0 Å². The number of hydrogen-bond donors (Lipinski definition) is 2. The van der Waals surface area contributed by atoms with Gasteiger partial charge in [-0.15, -0.1) is 0 Å². The predicted molar refractivity (Wildman–Crippen MR) is 109 cm³/mol. The summed E-state index contributed by atoms with van der Waals surface area (Å²) < 4.78 is 13.1. The molecule has 0 saturated carbocycles. The lowest BCUT2D eigenvalue weighted by atomic mass is 9.96. The van der Waals surface area contributed by atoms with E-state index in [0.29, 0.717) is 11.3 Å². The van der Waals surface area contributed by atoms with Gasteiger partial charge in [-0.2, -0.15) is 0 Å². The fourth-order valence-electron chi connectivity index (χ4n) is 3.04. The Morgan fingerprint density at radius 1 is 1.03 bits per heavy atom. The van der Waals surface area contributed by atoms with E-state index in [4.69, 9.17) is 0 Å². The van der Waals surface area contributed by atoms with Crippen molar-refractivity contribution < 1.29 is 23.6 Å². The summed E-state index contributed by atoms with van der Waals surface area (Å²) in [5.41, 5.74) is 0.874. The largest absolute Gasteiger partial charge is 0.335 e. The summed E-state index contributed by atoms with van der Waals surface area (Å²) in [4.78, 5) is 51.7. The third kappa shape index (κ3) is 4.07. The zero-order valence-electron chi connectivity index (χ0n) is 17.1. The number of hydrogen-bond acceptors (Lipinski definition) is 4. The van der Waals surface area contributed by atoms with Crippen LogP contribution in [0.25, 0.3) is 0 Å². The molecule has 5 amide bonds. The number of anilines is 2. The van der Waals surface area contributed by atoms with E-state index in [9.17, 15) is 23.6 Å². The number of aryl methyl sites for hydroxylation is 1. The van der Waals surface area contributed by atoms with Crippen molar-refractivity contribution in [2.24, 2.45) is 5.41 Å². The van der Waals surface area contributed by atoms with Crippen LogP contribution < -0.4 is 15.5 Å². The summed E-state index contributed by atoms with van der Waals surface area (Å²) >= 11 is 0. The van der Waals surface area contributed by atoms with Crippen molar-refractivity contribution in [1.82, 2.24) is 5.32 Å². The summed E-state index contributed by atoms with van der Waals surface area (Å²) in [6, 6.07) is 9.12. The van der Waals surface area contributed by atoms with Gasteiger partial charge in [-0.05, 0) is 42.8 Å². The molecule has 1 heterocycles. The number of carbonyl (C=O) groups is 4. The lowest BCUT2D eigenvalue weighted by Gasteiger charge is -2.21. The van der Waals surface area contributed by atoms with Gasteiger partial charge in [0.05, 0.1) is 5.69 Å². The van der Waals surface area contributed by atoms with E-state index in [1.54, 1.807) is 45.9 Å². The van der Waals surface area contributed by atoms with Crippen molar-refractivity contribution >= 4 is 35.1 Å². The summed E-state index contributed by atoms with van der Waals surface area (Å²) in [6.07, 6.45) is 0. The topological polar surface area (TPSA) is 95.6 Å². The minimum absolute atomic E-state index is 0.240. The fourth-order valence-corrected chi connectivity index (χ4v) is 3.04. The molecule has 1 aliphatic rings. The van der Waals surface area contributed by atoms with Crippen LogP contribution in [0, 0.1) is 18.2 Å². The molecule has 156 valence electrons. The number of halogens is 1. The van der Waals surface area contributed by atoms with Crippen molar-refractivity contribution in [3.05, 3.63) is 59.4 Å². The molecule has 2 aromatic rings. The Kier molecular flexibility index (Phi) is 5.43. The average Bonchev–Trinajstić information content (AvgIpc) is 2.93. The zero-order valence-corrected chi connectivity index (χ0v) is 17.1. The molecule has 8 heteroatoms.